The number of carboxylic acid groups (broad SMARTS) is 1. The summed E-state index contributed by atoms with van der Waals surface area (Å²) in [6, 6.07) is 7.02. The zero-order valence-corrected chi connectivity index (χ0v) is 12.6. The minimum atomic E-state index is -0.992. The molecule has 1 rings (SSSR count). The Kier molecular flexibility index (Phi) is 7.29. The molecule has 21 heavy (non-hydrogen) atoms. The van der Waals surface area contributed by atoms with E-state index in [4.69, 9.17) is 9.84 Å². The van der Waals surface area contributed by atoms with Crippen LogP contribution in [0.4, 0.5) is 0 Å². The van der Waals surface area contributed by atoms with E-state index in [2.05, 4.69) is 5.32 Å². The summed E-state index contributed by atoms with van der Waals surface area (Å²) >= 11 is 0. The summed E-state index contributed by atoms with van der Waals surface area (Å²) in [6.07, 6.45) is 2.14. The maximum absolute atomic E-state index is 11.6. The van der Waals surface area contributed by atoms with E-state index in [-0.39, 0.29) is 5.91 Å². The average Bonchev–Trinajstić information content (AvgIpc) is 2.44. The highest BCUT2D eigenvalue weighted by molar-refractivity contribution is 5.83. The molecule has 0 radical (unpaired) electrons. The first kappa shape index (κ1) is 17.0. The number of aliphatic carboxylic acids is 1. The second kappa shape index (κ2) is 9.00. The molecule has 1 atom stereocenters. The summed E-state index contributed by atoms with van der Waals surface area (Å²) in [5, 5.41) is 11.3. The maximum Gasteiger partial charge on any atom is 0.326 e. The molecule has 0 saturated carbocycles. The van der Waals surface area contributed by atoms with E-state index in [0.29, 0.717) is 25.9 Å². The van der Waals surface area contributed by atoms with Gasteiger partial charge in [-0.1, -0.05) is 19.1 Å². The van der Waals surface area contributed by atoms with Gasteiger partial charge in [-0.2, -0.15) is 0 Å². The van der Waals surface area contributed by atoms with Gasteiger partial charge >= 0.3 is 5.97 Å². The highest BCUT2D eigenvalue weighted by Crippen LogP contribution is 2.12. The molecule has 1 unspecified atom stereocenters. The smallest absolute Gasteiger partial charge is 0.326 e. The zero-order chi connectivity index (χ0) is 15.7. The molecule has 0 saturated heterocycles. The number of amides is 1. The molecule has 0 aromatic heterocycles. The van der Waals surface area contributed by atoms with Crippen LogP contribution >= 0.6 is 0 Å². The van der Waals surface area contributed by atoms with Crippen LogP contribution in [0.1, 0.15) is 38.2 Å². The topological polar surface area (TPSA) is 75.6 Å². The number of carbonyl (C=O) groups is 2. The van der Waals surface area contributed by atoms with E-state index in [1.54, 1.807) is 6.92 Å². The second-order valence-corrected chi connectivity index (χ2v) is 4.99. The summed E-state index contributed by atoms with van der Waals surface area (Å²) < 4.78 is 5.58. The van der Waals surface area contributed by atoms with Crippen LogP contribution in [0.2, 0.25) is 0 Å². The normalized spacial score (nSPS) is 11.7. The van der Waals surface area contributed by atoms with Crippen LogP contribution in [0.25, 0.3) is 0 Å². The highest BCUT2D eigenvalue weighted by atomic mass is 16.5. The predicted molar refractivity (Wildman–Crippen MR) is 80.4 cm³/mol. The summed E-state index contributed by atoms with van der Waals surface area (Å²) in [4.78, 5) is 22.4. The van der Waals surface area contributed by atoms with Gasteiger partial charge in [0.15, 0.2) is 0 Å². The first-order valence-corrected chi connectivity index (χ1v) is 7.24. The van der Waals surface area contributed by atoms with Crippen molar-refractivity contribution >= 4 is 11.9 Å². The Morgan fingerprint density at radius 3 is 2.71 bits per heavy atom. The number of nitrogens with one attached hydrogen (secondary N) is 1. The van der Waals surface area contributed by atoms with Gasteiger partial charge in [0, 0.05) is 6.42 Å². The van der Waals surface area contributed by atoms with E-state index < -0.39 is 12.0 Å². The second-order valence-electron chi connectivity index (χ2n) is 4.99. The van der Waals surface area contributed by atoms with Gasteiger partial charge in [-0.15, -0.1) is 0 Å². The molecular weight excluding hydrogens is 270 g/mol. The lowest BCUT2D eigenvalue weighted by atomic mass is 10.2. The molecule has 0 fully saturated rings. The molecule has 0 heterocycles. The van der Waals surface area contributed by atoms with Gasteiger partial charge in [-0.3, -0.25) is 4.79 Å². The molecule has 2 N–H and O–H groups in total. The lowest BCUT2D eigenvalue weighted by Gasteiger charge is -2.12. The van der Waals surface area contributed by atoms with Crippen LogP contribution in [0, 0.1) is 6.92 Å². The van der Waals surface area contributed by atoms with E-state index >= 15 is 0 Å². The van der Waals surface area contributed by atoms with Crippen molar-refractivity contribution < 1.29 is 19.4 Å². The molecule has 0 bridgehead atoms. The molecule has 0 aliphatic carbocycles. The van der Waals surface area contributed by atoms with Crippen molar-refractivity contribution in [3.63, 3.8) is 0 Å². The SMILES string of the molecule is CCC(NC(=O)CCCCOc1cccc(C)c1)C(=O)O. The van der Waals surface area contributed by atoms with Crippen molar-refractivity contribution in [3.05, 3.63) is 29.8 Å². The molecule has 1 amide bonds. The molecule has 0 spiro atoms. The monoisotopic (exact) mass is 293 g/mol. The molecule has 5 heteroatoms. The Bertz CT molecular complexity index is 473. The number of hydrogen-bond acceptors (Lipinski definition) is 3. The Morgan fingerprint density at radius 1 is 1.33 bits per heavy atom. The van der Waals surface area contributed by atoms with Crippen molar-refractivity contribution in [1.29, 1.82) is 0 Å². The molecule has 0 aliphatic rings. The molecule has 1 aromatic carbocycles. The number of aryl methyl sites for hydroxylation is 1. The lowest BCUT2D eigenvalue weighted by Crippen LogP contribution is -2.40. The van der Waals surface area contributed by atoms with Crippen LogP contribution in [-0.2, 0) is 9.59 Å². The summed E-state index contributed by atoms with van der Waals surface area (Å²) in [6.45, 7) is 4.28. The first-order valence-electron chi connectivity index (χ1n) is 7.24. The third kappa shape index (κ3) is 6.79. The van der Waals surface area contributed by atoms with E-state index in [1.165, 1.54) is 0 Å². The minimum absolute atomic E-state index is 0.222. The van der Waals surface area contributed by atoms with Crippen LogP contribution < -0.4 is 10.1 Å². The fourth-order valence-corrected chi connectivity index (χ4v) is 1.89. The number of ether oxygens (including phenoxy) is 1. The van der Waals surface area contributed by atoms with Gasteiger partial charge in [0.2, 0.25) is 5.91 Å². The standard InChI is InChI=1S/C16H23NO4/c1-3-14(16(19)20)17-15(18)9-4-5-10-21-13-8-6-7-12(2)11-13/h6-8,11,14H,3-5,9-10H2,1-2H3,(H,17,18)(H,19,20). The number of hydrogen-bond donors (Lipinski definition) is 2. The Labute approximate surface area is 125 Å². The summed E-state index contributed by atoms with van der Waals surface area (Å²) in [5.74, 6) is -0.384. The van der Waals surface area contributed by atoms with E-state index in [9.17, 15) is 9.59 Å². The van der Waals surface area contributed by atoms with Crippen LogP contribution in [0.3, 0.4) is 0 Å². The number of unbranched alkanes of at least 4 members (excludes halogenated alkanes) is 1. The van der Waals surface area contributed by atoms with Crippen LogP contribution in [0.15, 0.2) is 24.3 Å². The molecule has 0 aliphatic heterocycles. The van der Waals surface area contributed by atoms with Gasteiger partial charge in [-0.05, 0) is 43.9 Å². The van der Waals surface area contributed by atoms with Crippen molar-refractivity contribution in [2.45, 2.75) is 45.6 Å². The molecule has 116 valence electrons. The first-order chi connectivity index (χ1) is 10.0. The van der Waals surface area contributed by atoms with E-state index in [1.807, 2.05) is 31.2 Å². The van der Waals surface area contributed by atoms with Crippen molar-refractivity contribution in [1.82, 2.24) is 5.32 Å². The Morgan fingerprint density at radius 2 is 2.10 bits per heavy atom. The predicted octanol–water partition coefficient (Wildman–Crippen LogP) is 2.52. The van der Waals surface area contributed by atoms with Gasteiger partial charge in [0.05, 0.1) is 6.61 Å². The van der Waals surface area contributed by atoms with Crippen molar-refractivity contribution in [2.75, 3.05) is 6.61 Å². The van der Waals surface area contributed by atoms with Gasteiger partial charge in [0.1, 0.15) is 11.8 Å². The number of carboxylic acids is 1. The maximum atomic E-state index is 11.6. The van der Waals surface area contributed by atoms with Gasteiger partial charge in [-0.25, -0.2) is 4.79 Å². The Balaban J connectivity index is 2.16. The fraction of sp³-hybridized carbons (Fsp3) is 0.500. The number of rotatable bonds is 9. The van der Waals surface area contributed by atoms with E-state index in [0.717, 1.165) is 17.7 Å². The van der Waals surface area contributed by atoms with Crippen LogP contribution in [-0.4, -0.2) is 29.6 Å². The Hall–Kier alpha value is -2.04. The zero-order valence-electron chi connectivity index (χ0n) is 12.6. The fourth-order valence-electron chi connectivity index (χ4n) is 1.89. The largest absolute Gasteiger partial charge is 0.494 e. The minimum Gasteiger partial charge on any atom is -0.494 e. The quantitative estimate of drug-likeness (QED) is 0.686. The summed E-state index contributed by atoms with van der Waals surface area (Å²) in [7, 11) is 0. The number of carbonyl (C=O) groups excluding carboxylic acids is 1. The highest BCUT2D eigenvalue weighted by Gasteiger charge is 2.16. The average molecular weight is 293 g/mol. The van der Waals surface area contributed by atoms with Crippen molar-refractivity contribution in [3.8, 4) is 5.75 Å². The van der Waals surface area contributed by atoms with Gasteiger partial charge in [0.25, 0.3) is 0 Å². The lowest BCUT2D eigenvalue weighted by molar-refractivity contribution is -0.141. The van der Waals surface area contributed by atoms with Crippen molar-refractivity contribution in [2.24, 2.45) is 0 Å². The molecule has 5 nitrogen and oxygen atoms in total. The third-order valence-electron chi connectivity index (χ3n) is 3.10. The number of benzene rings is 1. The molecular formula is C16H23NO4. The third-order valence-corrected chi connectivity index (χ3v) is 3.10. The molecule has 1 aromatic rings. The van der Waals surface area contributed by atoms with Crippen LogP contribution in [0.5, 0.6) is 5.75 Å². The summed E-state index contributed by atoms with van der Waals surface area (Å²) in [5.41, 5.74) is 1.14. The van der Waals surface area contributed by atoms with Gasteiger partial charge < -0.3 is 15.2 Å².